The number of ether oxygens (including phenoxy) is 5. The lowest BCUT2D eigenvalue weighted by Gasteiger charge is -2.27. The average Bonchev–Trinajstić information content (AvgIpc) is 1.67. The fourth-order valence-electron chi connectivity index (χ4n) is 10.7. The molecular weight excluding hydrogens is 1290 g/mol. The van der Waals surface area contributed by atoms with E-state index in [1.54, 1.807) is 23.2 Å². The van der Waals surface area contributed by atoms with Crippen molar-refractivity contribution in [3.63, 3.8) is 0 Å². The van der Waals surface area contributed by atoms with Crippen molar-refractivity contribution in [3.05, 3.63) is 199 Å². The summed E-state index contributed by atoms with van der Waals surface area (Å²) in [5.74, 6) is -2.38. The van der Waals surface area contributed by atoms with E-state index in [0.29, 0.717) is 97.9 Å². The lowest BCUT2D eigenvalue weighted by molar-refractivity contribution is -0.144. The number of pyridine rings is 1. The Morgan fingerprint density at radius 3 is 1.93 bits per heavy atom. The highest BCUT2D eigenvalue weighted by atomic mass is 35.5. The van der Waals surface area contributed by atoms with Gasteiger partial charge in [-0.25, -0.2) is 41.4 Å². The van der Waals surface area contributed by atoms with Crippen molar-refractivity contribution in [2.45, 2.75) is 118 Å². The number of carbonyl (C=O) groups is 4. The summed E-state index contributed by atoms with van der Waals surface area (Å²) in [6.07, 6.45) is 5.10. The Labute approximate surface area is 565 Å². The van der Waals surface area contributed by atoms with Crippen molar-refractivity contribution in [3.8, 4) is 40.3 Å². The van der Waals surface area contributed by atoms with E-state index >= 15 is 0 Å². The minimum absolute atomic E-state index is 0.0493. The second kappa shape index (κ2) is 31.7. The predicted molar refractivity (Wildman–Crippen MR) is 360 cm³/mol. The van der Waals surface area contributed by atoms with Gasteiger partial charge in [0, 0.05) is 48.2 Å². The van der Waals surface area contributed by atoms with Gasteiger partial charge in [0.2, 0.25) is 11.8 Å². The Bertz CT molecular complexity index is 4370. The van der Waals surface area contributed by atoms with Gasteiger partial charge in [-0.3, -0.25) is 14.4 Å². The molecule has 3 aromatic heterocycles. The summed E-state index contributed by atoms with van der Waals surface area (Å²) in [4.78, 5) is 76.3. The molecule has 8 aromatic rings. The summed E-state index contributed by atoms with van der Waals surface area (Å²) in [5.41, 5.74) is 7.12. The smallest absolute Gasteiger partial charge is 0.356 e. The molecule has 0 amide bonds. The number of aryl methyl sites for hydroxylation is 4. The molecule has 6 heterocycles. The number of aromatic hydroxyl groups is 1. The number of benzene rings is 5. The minimum atomic E-state index is -3.52. The Kier molecular flexibility index (Phi) is 23.8. The van der Waals surface area contributed by atoms with Crippen LogP contribution in [0.5, 0.6) is 29.1 Å². The van der Waals surface area contributed by atoms with Crippen molar-refractivity contribution in [2.75, 3.05) is 32.7 Å². The molecular formula is C71H77ClFN7O16S. The van der Waals surface area contributed by atoms with Gasteiger partial charge in [0.1, 0.15) is 29.2 Å². The molecule has 3 aliphatic heterocycles. The Balaban J connectivity index is 0.000000166. The highest BCUT2D eigenvalue weighted by Gasteiger charge is 2.45. The van der Waals surface area contributed by atoms with Crippen molar-refractivity contribution < 1.29 is 75.6 Å². The number of hydrogen-bond acceptors (Lipinski definition) is 19. The molecule has 3 aliphatic rings. The lowest BCUT2D eigenvalue weighted by Crippen LogP contribution is -2.29. The summed E-state index contributed by atoms with van der Waals surface area (Å²) in [6.45, 7) is 19.1. The zero-order chi connectivity index (χ0) is 70.5. The van der Waals surface area contributed by atoms with E-state index in [1.165, 1.54) is 73.0 Å². The van der Waals surface area contributed by atoms with Crippen molar-refractivity contribution in [1.82, 2.24) is 24.1 Å². The van der Waals surface area contributed by atoms with Gasteiger partial charge in [-0.2, -0.15) is 5.10 Å². The molecule has 26 heteroatoms. The first kappa shape index (κ1) is 72.8. The quantitative estimate of drug-likeness (QED) is 0.0632. The maximum Gasteiger partial charge on any atom is 0.356 e. The van der Waals surface area contributed by atoms with Crippen LogP contribution in [0.4, 0.5) is 4.39 Å². The van der Waals surface area contributed by atoms with Crippen LogP contribution in [0.1, 0.15) is 116 Å². The molecule has 0 fully saturated rings. The number of sulfone groups is 1. The van der Waals surface area contributed by atoms with Gasteiger partial charge in [0.05, 0.1) is 66.6 Å². The number of ketones is 1. The van der Waals surface area contributed by atoms with Crippen LogP contribution in [0.3, 0.4) is 0 Å². The third kappa shape index (κ3) is 17.2. The molecule has 23 nitrogen and oxygen atoms in total. The molecule has 0 radical (unpaired) electrons. The topological polar surface area (TPSA) is 290 Å². The Hall–Kier alpha value is -9.98. The van der Waals surface area contributed by atoms with E-state index in [4.69, 9.17) is 50.1 Å². The Morgan fingerprint density at radius 2 is 1.40 bits per heavy atom. The third-order valence-electron chi connectivity index (χ3n) is 15.7. The van der Waals surface area contributed by atoms with E-state index in [2.05, 4.69) is 53.3 Å². The number of esters is 2. The van der Waals surface area contributed by atoms with Gasteiger partial charge in [0.25, 0.3) is 11.4 Å². The van der Waals surface area contributed by atoms with Crippen molar-refractivity contribution in [2.24, 2.45) is 22.8 Å². The van der Waals surface area contributed by atoms with E-state index in [-0.39, 0.29) is 44.3 Å². The van der Waals surface area contributed by atoms with E-state index in [9.17, 15) is 41.9 Å². The van der Waals surface area contributed by atoms with Crippen molar-refractivity contribution in [1.29, 1.82) is 0 Å². The number of carboxylic acid groups (broad SMARTS) is 1. The molecule has 0 saturated carbocycles. The normalized spacial score (nSPS) is 14.1. The van der Waals surface area contributed by atoms with Gasteiger partial charge in [0.15, 0.2) is 38.9 Å². The molecule has 0 saturated heterocycles. The van der Waals surface area contributed by atoms with Crippen LogP contribution in [0, 0.1) is 25.1 Å². The summed E-state index contributed by atoms with van der Waals surface area (Å²) >= 11 is 5.59. The Morgan fingerprint density at radius 1 is 0.794 bits per heavy atom. The molecule has 1 atom stereocenters. The van der Waals surface area contributed by atoms with Gasteiger partial charge < -0.3 is 43.6 Å². The fraction of sp³-hybridized carbons (Fsp3) is 0.338. The monoisotopic (exact) mass is 1370 g/mol. The number of nitrogens with zero attached hydrogens (tertiary/aromatic N) is 7. The highest BCUT2D eigenvalue weighted by Crippen LogP contribution is 2.42. The van der Waals surface area contributed by atoms with E-state index in [1.807, 2.05) is 81.4 Å². The molecule has 512 valence electrons. The molecule has 0 spiro atoms. The van der Waals surface area contributed by atoms with Crippen LogP contribution < -0.4 is 19.8 Å². The number of aromatic nitrogens is 5. The van der Waals surface area contributed by atoms with E-state index in [0.717, 1.165) is 53.0 Å². The second-order valence-corrected chi connectivity index (χ2v) is 26.1. The molecule has 2 N–H and O–H groups in total. The van der Waals surface area contributed by atoms with Gasteiger partial charge in [-0.1, -0.05) is 114 Å². The minimum Gasteiger partial charge on any atom is -0.493 e. The third-order valence-corrected chi connectivity index (χ3v) is 17.0. The number of rotatable bonds is 17. The first-order valence-electron chi connectivity index (χ1n) is 31.2. The maximum absolute atomic E-state index is 13.5. The average molecular weight is 1370 g/mol. The number of oxime groups is 2. The van der Waals surface area contributed by atoms with Crippen LogP contribution in [0.15, 0.2) is 148 Å². The largest absolute Gasteiger partial charge is 0.493 e. The van der Waals surface area contributed by atoms with Crippen molar-refractivity contribution >= 4 is 56.6 Å². The molecule has 0 aliphatic carbocycles. The lowest BCUT2D eigenvalue weighted by atomic mass is 9.82. The summed E-state index contributed by atoms with van der Waals surface area (Å²) < 4.78 is 69.3. The molecule has 0 unspecified atom stereocenters. The number of carbonyl (C=O) groups excluding carboxylic acids is 3. The molecule has 5 aromatic carbocycles. The van der Waals surface area contributed by atoms with Crippen LogP contribution in [0.25, 0.3) is 11.1 Å². The molecule has 11 rings (SSSR count). The zero-order valence-electron chi connectivity index (χ0n) is 55.7. The number of hydrogen-bond donors (Lipinski definition) is 2. The van der Waals surface area contributed by atoms with E-state index < -0.39 is 50.5 Å². The SMILES string of the molecule is CCOC(=O)C1=NOC(c2ccccc2)(c2ccccc2)C1.CCc1cc(C)cc(CC)c1-c1c(OC(=O)C(C)(C)C)n2n(c1=O)CCOCC2.C[C@@H](Oc1ccc(Oc2ncc(Cl)cc2F)cc1)C(=O)O.Cc1c(C(=O)c2cnn(C)c2O)ccc(S(C)(=O)=O)c1C1=NOCC1. The molecule has 0 bridgehead atoms. The standard InChI is InChI=1S/C23H32N2O4.C18H17NO3.C16H17N3O5S.C14H11ClFNO4/c1-7-16-13-15(3)14-17(8-2)18(16)19-20(26)24-9-11-28-12-10-25(24)21(19)29-22(27)23(4,5)6;1-2-21-17(20)16-13-18(22-19-16,14-9-5-3-6-10-14)15-11-7-4-8-12-15;1-9-10(15(20)11-8-17-19(2)16(11)21)4-5-13(25(3,22)23)14(9)12-6-7-24-18-12;1-8(14(18)19)20-10-2-4-11(5-3-10)21-13-12(16)6-9(15)7-17-13/h13-14H,7-12H2,1-6H3;3-12H,2,13H2,1H3;4-5,8,21H,6-7H2,1-3H3;2-8H,1H3,(H,18,19)/t;;;8-/m...1/s1. The maximum atomic E-state index is 13.5. The van der Waals surface area contributed by atoms with Crippen LogP contribution in [0.2, 0.25) is 5.02 Å². The highest BCUT2D eigenvalue weighted by molar-refractivity contribution is 7.90. The zero-order valence-corrected chi connectivity index (χ0v) is 57.2. The number of aliphatic carboxylic acids is 1. The van der Waals surface area contributed by atoms with Crippen LogP contribution >= 0.6 is 11.6 Å². The second-order valence-electron chi connectivity index (χ2n) is 23.7. The number of halogens is 2. The summed E-state index contributed by atoms with van der Waals surface area (Å²) in [6, 6.07) is 33.9. The number of carboxylic acids is 1. The van der Waals surface area contributed by atoms with Gasteiger partial charge >= 0.3 is 17.9 Å². The van der Waals surface area contributed by atoms with Gasteiger partial charge in [-0.15, -0.1) is 0 Å². The van der Waals surface area contributed by atoms with Crippen LogP contribution in [-0.4, -0.2) is 117 Å². The fourth-order valence-corrected chi connectivity index (χ4v) is 11.8. The van der Waals surface area contributed by atoms with Gasteiger partial charge in [-0.05, 0) is 126 Å². The summed E-state index contributed by atoms with van der Waals surface area (Å²) in [5, 5.41) is 30.6. The predicted octanol–water partition coefficient (Wildman–Crippen LogP) is 11.7. The first-order valence-corrected chi connectivity index (χ1v) is 33.5. The first-order chi connectivity index (χ1) is 46.1. The number of fused-ring (bicyclic) bond motifs is 1. The summed E-state index contributed by atoms with van der Waals surface area (Å²) in [7, 11) is -2.00. The van der Waals surface area contributed by atoms with Crippen LogP contribution in [-0.2, 0) is 81.9 Å². The molecule has 97 heavy (non-hydrogen) atoms.